The van der Waals surface area contributed by atoms with E-state index in [1.807, 2.05) is 89.2 Å². The molecule has 1 aliphatic heterocycles. The second kappa shape index (κ2) is 8.79. The molecule has 2 aromatic carbocycles. The lowest BCUT2D eigenvalue weighted by atomic mass is 9.95. The van der Waals surface area contributed by atoms with Crippen molar-refractivity contribution in [3.8, 4) is 22.9 Å². The summed E-state index contributed by atoms with van der Waals surface area (Å²) in [6.45, 7) is 3.41. The third-order valence-corrected chi connectivity index (χ3v) is 6.56. The van der Waals surface area contributed by atoms with E-state index < -0.39 is 0 Å². The molecule has 0 saturated carbocycles. The summed E-state index contributed by atoms with van der Waals surface area (Å²) in [4.78, 5) is 15.0. The van der Waals surface area contributed by atoms with E-state index in [1.165, 1.54) is 0 Å². The van der Waals surface area contributed by atoms with Crippen molar-refractivity contribution in [1.29, 1.82) is 0 Å². The van der Waals surface area contributed by atoms with E-state index in [2.05, 4.69) is 20.4 Å². The van der Waals surface area contributed by atoms with Crippen LogP contribution in [0.2, 0.25) is 0 Å². The summed E-state index contributed by atoms with van der Waals surface area (Å²) in [6, 6.07) is 21.2. The van der Waals surface area contributed by atoms with Crippen LogP contribution in [-0.4, -0.2) is 48.7 Å². The summed E-state index contributed by atoms with van der Waals surface area (Å²) in [5.41, 5.74) is 4.30. The first kappa shape index (κ1) is 21.2. The van der Waals surface area contributed by atoms with Gasteiger partial charge in [0.2, 0.25) is 11.8 Å². The van der Waals surface area contributed by atoms with Gasteiger partial charge < -0.3 is 9.32 Å². The molecule has 5 aromatic rings. The molecule has 0 unspecified atom stereocenters. The standard InChI is InChI=1S/C27H24N6O2/c1-18-5-4-6-22(17-18)26-31-30-25(35-26)20-8-10-21(11-9-20)27(34)32-15-12-19(13-16-32)24-29-28-23-7-2-3-14-33(23)24/h2-11,14,17,19H,12-13,15-16H2,1H3. The van der Waals surface area contributed by atoms with Gasteiger partial charge >= 0.3 is 0 Å². The van der Waals surface area contributed by atoms with Gasteiger partial charge in [0.05, 0.1) is 0 Å². The van der Waals surface area contributed by atoms with Crippen LogP contribution in [-0.2, 0) is 0 Å². The lowest BCUT2D eigenvalue weighted by molar-refractivity contribution is 0.0711. The van der Waals surface area contributed by atoms with Crippen LogP contribution < -0.4 is 0 Å². The zero-order valence-electron chi connectivity index (χ0n) is 19.3. The van der Waals surface area contributed by atoms with Crippen LogP contribution in [0.15, 0.2) is 77.3 Å². The summed E-state index contributed by atoms with van der Waals surface area (Å²) >= 11 is 0. The van der Waals surface area contributed by atoms with Crippen molar-refractivity contribution >= 4 is 11.6 Å². The fourth-order valence-corrected chi connectivity index (χ4v) is 4.65. The monoisotopic (exact) mass is 464 g/mol. The Bertz CT molecular complexity index is 1500. The first-order chi connectivity index (χ1) is 17.2. The van der Waals surface area contributed by atoms with Gasteiger partial charge in [-0.15, -0.1) is 20.4 Å². The number of benzene rings is 2. The van der Waals surface area contributed by atoms with Crippen molar-refractivity contribution in [1.82, 2.24) is 29.7 Å². The lowest BCUT2D eigenvalue weighted by Gasteiger charge is -2.31. The highest BCUT2D eigenvalue weighted by atomic mass is 16.4. The maximum atomic E-state index is 13.1. The van der Waals surface area contributed by atoms with Gasteiger partial charge in [0.25, 0.3) is 5.91 Å². The first-order valence-corrected chi connectivity index (χ1v) is 11.8. The Morgan fingerprint density at radius 1 is 0.857 bits per heavy atom. The lowest BCUT2D eigenvalue weighted by Crippen LogP contribution is -2.38. The molecule has 1 saturated heterocycles. The molecular weight excluding hydrogens is 440 g/mol. The number of likely N-dealkylation sites (tertiary alicyclic amines) is 1. The quantitative estimate of drug-likeness (QED) is 0.380. The highest BCUT2D eigenvalue weighted by molar-refractivity contribution is 5.94. The van der Waals surface area contributed by atoms with Crippen LogP contribution in [0.25, 0.3) is 28.6 Å². The number of rotatable bonds is 4. The number of aromatic nitrogens is 5. The highest BCUT2D eigenvalue weighted by Gasteiger charge is 2.27. The zero-order chi connectivity index (χ0) is 23.8. The molecule has 1 amide bonds. The molecule has 0 bridgehead atoms. The van der Waals surface area contributed by atoms with Crippen molar-refractivity contribution in [2.45, 2.75) is 25.7 Å². The minimum Gasteiger partial charge on any atom is -0.416 e. The fraction of sp³-hybridized carbons (Fsp3) is 0.222. The molecule has 6 rings (SSSR count). The van der Waals surface area contributed by atoms with Gasteiger partial charge in [-0.05, 0) is 68.3 Å². The number of fused-ring (bicyclic) bond motifs is 1. The summed E-state index contributed by atoms with van der Waals surface area (Å²) in [5.74, 6) is 2.21. The topological polar surface area (TPSA) is 89.4 Å². The first-order valence-electron chi connectivity index (χ1n) is 11.8. The number of carbonyl (C=O) groups is 1. The van der Waals surface area contributed by atoms with E-state index in [1.54, 1.807) is 0 Å². The number of amides is 1. The van der Waals surface area contributed by atoms with Crippen LogP contribution >= 0.6 is 0 Å². The number of nitrogens with zero attached hydrogens (tertiary/aromatic N) is 6. The number of carbonyl (C=O) groups excluding carboxylic acids is 1. The average molecular weight is 465 g/mol. The summed E-state index contributed by atoms with van der Waals surface area (Å²) < 4.78 is 7.92. The number of aryl methyl sites for hydroxylation is 1. The Balaban J connectivity index is 1.12. The molecule has 0 N–H and O–H groups in total. The Labute approximate surface area is 202 Å². The maximum Gasteiger partial charge on any atom is 0.253 e. The summed E-state index contributed by atoms with van der Waals surface area (Å²) in [5, 5.41) is 17.0. The number of hydrogen-bond donors (Lipinski definition) is 0. The molecule has 8 nitrogen and oxygen atoms in total. The van der Waals surface area contributed by atoms with E-state index in [4.69, 9.17) is 4.42 Å². The number of pyridine rings is 1. The minimum absolute atomic E-state index is 0.0343. The largest absolute Gasteiger partial charge is 0.416 e. The van der Waals surface area contributed by atoms with E-state index in [0.29, 0.717) is 36.4 Å². The predicted octanol–water partition coefficient (Wildman–Crippen LogP) is 4.77. The van der Waals surface area contributed by atoms with Gasteiger partial charge in [0.1, 0.15) is 5.82 Å². The van der Waals surface area contributed by atoms with Gasteiger partial charge in [0, 0.05) is 41.9 Å². The summed E-state index contributed by atoms with van der Waals surface area (Å²) in [6.07, 6.45) is 3.73. The second-order valence-electron chi connectivity index (χ2n) is 8.91. The number of piperidine rings is 1. The molecule has 0 spiro atoms. The average Bonchev–Trinajstić information content (AvgIpc) is 3.57. The van der Waals surface area contributed by atoms with Gasteiger partial charge in [0.15, 0.2) is 5.65 Å². The third kappa shape index (κ3) is 4.07. The molecule has 0 radical (unpaired) electrons. The van der Waals surface area contributed by atoms with Crippen molar-refractivity contribution in [2.24, 2.45) is 0 Å². The molecular formula is C27H24N6O2. The van der Waals surface area contributed by atoms with E-state index in [0.717, 1.165) is 41.0 Å². The van der Waals surface area contributed by atoms with Crippen molar-refractivity contribution in [3.05, 3.63) is 89.9 Å². The SMILES string of the molecule is Cc1cccc(-c2nnc(-c3ccc(C(=O)N4CCC(c5nnc6ccccn56)CC4)cc3)o2)c1. The van der Waals surface area contributed by atoms with Gasteiger partial charge in [-0.3, -0.25) is 9.20 Å². The molecule has 174 valence electrons. The van der Waals surface area contributed by atoms with Crippen LogP contribution in [0.3, 0.4) is 0 Å². The third-order valence-electron chi connectivity index (χ3n) is 6.56. The van der Waals surface area contributed by atoms with E-state index in [-0.39, 0.29) is 5.91 Å². The van der Waals surface area contributed by atoms with Crippen LogP contribution in [0, 0.1) is 6.92 Å². The van der Waals surface area contributed by atoms with Crippen molar-refractivity contribution in [3.63, 3.8) is 0 Å². The summed E-state index contributed by atoms with van der Waals surface area (Å²) in [7, 11) is 0. The van der Waals surface area contributed by atoms with Gasteiger partial charge in [-0.2, -0.15) is 0 Å². The maximum absolute atomic E-state index is 13.1. The molecule has 8 heteroatoms. The molecule has 3 aromatic heterocycles. The van der Waals surface area contributed by atoms with Gasteiger partial charge in [-0.25, -0.2) is 0 Å². The Morgan fingerprint density at radius 2 is 1.63 bits per heavy atom. The Hall–Kier alpha value is -4.33. The van der Waals surface area contributed by atoms with Crippen LogP contribution in [0.5, 0.6) is 0 Å². The van der Waals surface area contributed by atoms with Crippen molar-refractivity contribution < 1.29 is 9.21 Å². The van der Waals surface area contributed by atoms with Crippen LogP contribution in [0.4, 0.5) is 0 Å². The molecule has 0 atom stereocenters. The fourth-order valence-electron chi connectivity index (χ4n) is 4.65. The molecule has 1 fully saturated rings. The van der Waals surface area contributed by atoms with Crippen LogP contribution in [0.1, 0.15) is 40.5 Å². The zero-order valence-corrected chi connectivity index (χ0v) is 19.3. The smallest absolute Gasteiger partial charge is 0.253 e. The molecule has 1 aliphatic rings. The molecule has 4 heterocycles. The van der Waals surface area contributed by atoms with Crippen molar-refractivity contribution in [2.75, 3.05) is 13.1 Å². The van der Waals surface area contributed by atoms with Gasteiger partial charge in [-0.1, -0.05) is 23.8 Å². The highest BCUT2D eigenvalue weighted by Crippen LogP contribution is 2.29. The minimum atomic E-state index is 0.0343. The molecule has 0 aliphatic carbocycles. The second-order valence-corrected chi connectivity index (χ2v) is 8.91. The molecule has 35 heavy (non-hydrogen) atoms. The predicted molar refractivity (Wildman–Crippen MR) is 131 cm³/mol. The Morgan fingerprint density at radius 3 is 2.40 bits per heavy atom. The normalized spacial score (nSPS) is 14.5. The van der Waals surface area contributed by atoms with E-state index >= 15 is 0 Å². The Kier molecular flexibility index (Phi) is 5.33. The van der Waals surface area contributed by atoms with E-state index in [9.17, 15) is 4.79 Å². The number of hydrogen-bond acceptors (Lipinski definition) is 6.